The van der Waals surface area contributed by atoms with Crippen LogP contribution in [0.4, 0.5) is 26.3 Å². The van der Waals surface area contributed by atoms with Crippen molar-refractivity contribution in [1.29, 1.82) is 5.26 Å². The highest BCUT2D eigenvalue weighted by molar-refractivity contribution is 14.1. The zero-order valence-electron chi connectivity index (χ0n) is 11.7. The van der Waals surface area contributed by atoms with E-state index in [1.807, 2.05) is 0 Å². The Morgan fingerprint density at radius 2 is 1.65 bits per heavy atom. The quantitative estimate of drug-likeness (QED) is 0.291. The molecule has 2 rings (SSSR count). The van der Waals surface area contributed by atoms with Crippen molar-refractivity contribution in [2.45, 2.75) is 16.6 Å². The second-order valence-electron chi connectivity index (χ2n) is 4.49. The molecule has 0 saturated heterocycles. The molecule has 0 aliphatic heterocycles. The van der Waals surface area contributed by atoms with E-state index in [9.17, 15) is 30.9 Å². The zero-order chi connectivity index (χ0) is 20.0. The van der Waals surface area contributed by atoms with Crippen molar-refractivity contribution in [3.8, 4) is 11.8 Å². The molecule has 0 radical (unpaired) electrons. The van der Waals surface area contributed by atoms with Crippen LogP contribution in [0.5, 0.6) is 0 Å². The third-order valence-electron chi connectivity index (χ3n) is 2.85. The molecule has 14 heteroatoms. The van der Waals surface area contributed by atoms with Crippen LogP contribution in [0.25, 0.3) is 5.69 Å². The highest BCUT2D eigenvalue weighted by Gasteiger charge is 2.50. The van der Waals surface area contributed by atoms with Crippen LogP contribution in [0.1, 0.15) is 11.3 Å². The summed E-state index contributed by atoms with van der Waals surface area (Å²) in [5, 5.41) is 11.4. The number of benzene rings is 1. The Bertz CT molecular complexity index is 885. The molecule has 0 saturated carbocycles. The summed E-state index contributed by atoms with van der Waals surface area (Å²) in [6, 6.07) is 2.37. The highest BCUT2D eigenvalue weighted by Crippen LogP contribution is 2.40. The Balaban J connectivity index is 2.72. The predicted octanol–water partition coefficient (Wildman–Crippen LogP) is 5.30. The first-order valence-electron chi connectivity index (χ1n) is 6.02. The van der Waals surface area contributed by atoms with E-state index in [1.54, 1.807) is 0 Å². The molecule has 0 amide bonds. The van der Waals surface area contributed by atoms with Gasteiger partial charge in [-0.15, -0.1) is 13.2 Å². The smallest absolute Gasteiger partial charge is 0.578 e. The van der Waals surface area contributed by atoms with Crippen LogP contribution in [0.2, 0.25) is 10.0 Å². The number of hydrogen-bond donors (Lipinski definition) is 0. The van der Waals surface area contributed by atoms with Gasteiger partial charge in [-0.25, -0.2) is 4.68 Å². The molecule has 26 heavy (non-hydrogen) atoms. The summed E-state index contributed by atoms with van der Waals surface area (Å²) in [6.45, 7) is 0. The number of alkyl halides is 6. The number of hydrogen-bond acceptors (Lipinski definition) is 3. The van der Waals surface area contributed by atoms with Gasteiger partial charge >= 0.3 is 11.7 Å². The molecule has 2 aromatic rings. The molecule has 0 aliphatic rings. The Morgan fingerprint density at radius 3 is 2.04 bits per heavy atom. The van der Waals surface area contributed by atoms with E-state index < -0.39 is 52.8 Å². The van der Waals surface area contributed by atoms with Crippen LogP contribution < -0.4 is 0 Å². The summed E-state index contributed by atoms with van der Waals surface area (Å²) < 4.78 is 88.4. The Morgan fingerprint density at radius 1 is 1.15 bits per heavy atom. The summed E-state index contributed by atoms with van der Waals surface area (Å²) in [4.78, 5) is -0.937. The molecular formula is C12H2Cl2F6IN3OS. The van der Waals surface area contributed by atoms with Gasteiger partial charge in [0.25, 0.3) is 0 Å². The zero-order valence-corrected chi connectivity index (χ0v) is 16.2. The standard InChI is InChI=1S/C12H2Cl2F6IN3OS/c13-5-1-4(11(15,16)17)2-6(14)8(5)24-10(21)9(7(3-22)23-24)26(25)12(18,19)20/h1-2H. The Labute approximate surface area is 168 Å². The van der Waals surface area contributed by atoms with Gasteiger partial charge in [0.2, 0.25) is 10.6 Å². The molecule has 0 fully saturated rings. The van der Waals surface area contributed by atoms with Crippen LogP contribution in [0, 0.1) is 15.0 Å². The molecule has 1 atom stereocenters. The monoisotopic (exact) mass is 547 g/mol. The number of halogens is 9. The molecule has 140 valence electrons. The molecule has 1 unspecified atom stereocenters. The van der Waals surface area contributed by atoms with Crippen molar-refractivity contribution in [1.82, 2.24) is 9.78 Å². The maximum atomic E-state index is 12.8. The van der Waals surface area contributed by atoms with Crippen molar-refractivity contribution >= 4 is 57.0 Å². The average Bonchev–Trinajstić information content (AvgIpc) is 2.80. The van der Waals surface area contributed by atoms with E-state index in [-0.39, 0.29) is 5.69 Å². The van der Waals surface area contributed by atoms with Crippen LogP contribution >= 0.6 is 45.8 Å². The summed E-state index contributed by atoms with van der Waals surface area (Å²) in [5.74, 6) is 0. The molecule has 0 spiro atoms. The Kier molecular flexibility index (Phi) is 5.99. The fourth-order valence-corrected chi connectivity index (χ4v) is 4.40. The lowest BCUT2D eigenvalue weighted by atomic mass is 10.2. The number of nitrogens with zero attached hydrogens (tertiary/aromatic N) is 3. The van der Waals surface area contributed by atoms with Gasteiger partial charge in [0.1, 0.15) is 22.9 Å². The molecule has 1 heterocycles. The molecule has 1 aromatic heterocycles. The van der Waals surface area contributed by atoms with Crippen LogP contribution in [0.15, 0.2) is 17.0 Å². The van der Waals surface area contributed by atoms with E-state index in [0.717, 1.165) is 0 Å². The summed E-state index contributed by atoms with van der Waals surface area (Å²) in [7, 11) is 0. The van der Waals surface area contributed by atoms with Crippen molar-refractivity contribution in [3.05, 3.63) is 37.1 Å². The Hall–Kier alpha value is -0.880. The molecule has 0 N–H and O–H groups in total. The predicted molar refractivity (Wildman–Crippen MR) is 88.5 cm³/mol. The number of rotatable bonds is 2. The van der Waals surface area contributed by atoms with Gasteiger partial charge in [0.15, 0.2) is 3.70 Å². The van der Waals surface area contributed by atoms with E-state index in [1.165, 1.54) is 28.7 Å². The van der Waals surface area contributed by atoms with Gasteiger partial charge < -0.3 is 4.55 Å². The lowest BCUT2D eigenvalue weighted by Crippen LogP contribution is -2.24. The first kappa shape index (κ1) is 21.4. The first-order valence-corrected chi connectivity index (χ1v) is 9.01. The van der Waals surface area contributed by atoms with E-state index in [4.69, 9.17) is 28.5 Å². The van der Waals surface area contributed by atoms with Gasteiger partial charge in [-0.1, -0.05) is 23.2 Å². The fraction of sp³-hybridized carbons (Fsp3) is 0.167. The molecule has 1 aromatic carbocycles. The van der Waals surface area contributed by atoms with Gasteiger partial charge in [-0.3, -0.25) is 0 Å². The third kappa shape index (κ3) is 4.01. The first-order chi connectivity index (χ1) is 11.8. The van der Waals surface area contributed by atoms with E-state index in [0.29, 0.717) is 16.8 Å². The summed E-state index contributed by atoms with van der Waals surface area (Å²) in [6.07, 6.45) is -4.76. The molecular weight excluding hydrogens is 546 g/mol. The molecule has 0 bridgehead atoms. The van der Waals surface area contributed by atoms with Crippen molar-refractivity contribution in [2.24, 2.45) is 0 Å². The lowest BCUT2D eigenvalue weighted by Gasteiger charge is -2.13. The second kappa shape index (κ2) is 7.27. The van der Waals surface area contributed by atoms with E-state index in [2.05, 4.69) is 5.10 Å². The highest BCUT2D eigenvalue weighted by atomic mass is 127. The minimum absolute atomic E-state index is 0.382. The maximum absolute atomic E-state index is 12.8. The van der Waals surface area contributed by atoms with Gasteiger partial charge in [-0.2, -0.15) is 23.5 Å². The normalized spacial score (nSPS) is 13.6. The van der Waals surface area contributed by atoms with Crippen molar-refractivity contribution in [3.63, 3.8) is 0 Å². The third-order valence-corrected chi connectivity index (χ3v) is 5.96. The number of nitriles is 1. The minimum Gasteiger partial charge on any atom is -0.604 e. The van der Waals surface area contributed by atoms with Crippen molar-refractivity contribution < 1.29 is 30.9 Å². The number of aromatic nitrogens is 2. The van der Waals surface area contributed by atoms with Gasteiger partial charge in [-0.05, 0) is 34.7 Å². The minimum atomic E-state index is -5.17. The average molecular weight is 548 g/mol. The molecule has 4 nitrogen and oxygen atoms in total. The van der Waals surface area contributed by atoms with E-state index >= 15 is 0 Å². The van der Waals surface area contributed by atoms with Crippen LogP contribution in [-0.2, 0) is 17.4 Å². The van der Waals surface area contributed by atoms with Gasteiger partial charge in [0, 0.05) is 0 Å². The lowest BCUT2D eigenvalue weighted by molar-refractivity contribution is -0.137. The topological polar surface area (TPSA) is 64.7 Å². The summed E-state index contributed by atoms with van der Waals surface area (Å²) >= 11 is 9.31. The maximum Gasteiger partial charge on any atom is 0.578 e. The fourth-order valence-electron chi connectivity index (χ4n) is 1.82. The molecule has 0 aliphatic carbocycles. The largest absolute Gasteiger partial charge is 0.604 e. The van der Waals surface area contributed by atoms with Crippen LogP contribution in [-0.4, -0.2) is 19.8 Å². The van der Waals surface area contributed by atoms with Crippen LogP contribution in [0.3, 0.4) is 0 Å². The SMILES string of the molecule is N#Cc1nn(-c2c(Cl)cc(C(F)(F)F)cc2Cl)c(I)c1[S+]([O-])C(F)(F)F. The van der Waals surface area contributed by atoms with Crippen molar-refractivity contribution in [2.75, 3.05) is 0 Å². The van der Waals surface area contributed by atoms with Gasteiger partial charge in [0.05, 0.1) is 15.6 Å². The summed E-state index contributed by atoms with van der Waals surface area (Å²) in [5.41, 5.74) is -7.56. The second-order valence-corrected chi connectivity index (χ2v) is 7.74.